The number of nitriles is 1. The molecule has 1 unspecified atom stereocenters. The molecule has 0 bridgehead atoms. The van der Waals surface area contributed by atoms with Crippen LogP contribution in [0, 0.1) is 16.7 Å². The molecule has 3 rings (SSSR count). The summed E-state index contributed by atoms with van der Waals surface area (Å²) in [4.78, 5) is 0. The molecule has 1 aliphatic rings. The molecule has 0 spiro atoms. The lowest BCUT2D eigenvalue weighted by Crippen LogP contribution is -2.29. The predicted molar refractivity (Wildman–Crippen MR) is 74.5 cm³/mol. The molecule has 90 valence electrons. The topological polar surface area (TPSA) is 23.8 Å². The summed E-state index contributed by atoms with van der Waals surface area (Å²) in [5.74, 6) is 0. The summed E-state index contributed by atoms with van der Waals surface area (Å²) >= 11 is 1.71. The number of hydrogen-bond donors (Lipinski definition) is 0. The molecule has 1 atom stereocenters. The maximum absolute atomic E-state index is 9.62. The second kappa shape index (κ2) is 4.59. The minimum absolute atomic E-state index is 0.199. The van der Waals surface area contributed by atoms with Crippen molar-refractivity contribution in [2.24, 2.45) is 5.41 Å². The SMILES string of the molecule is N#CC1(Cc2ccsc2)CCc2ccccc2C1. The zero-order valence-corrected chi connectivity index (χ0v) is 11.0. The van der Waals surface area contributed by atoms with Gasteiger partial charge in [0.2, 0.25) is 0 Å². The summed E-state index contributed by atoms with van der Waals surface area (Å²) in [6.07, 6.45) is 3.81. The van der Waals surface area contributed by atoms with E-state index in [1.165, 1.54) is 16.7 Å². The zero-order chi connectivity index (χ0) is 12.4. The van der Waals surface area contributed by atoms with Gasteiger partial charge in [-0.15, -0.1) is 0 Å². The smallest absolute Gasteiger partial charge is 0.0696 e. The molecule has 0 aliphatic heterocycles. The highest BCUT2D eigenvalue weighted by Gasteiger charge is 2.34. The molecule has 0 amide bonds. The highest BCUT2D eigenvalue weighted by Crippen LogP contribution is 2.38. The van der Waals surface area contributed by atoms with E-state index >= 15 is 0 Å². The van der Waals surface area contributed by atoms with Gasteiger partial charge < -0.3 is 0 Å². The number of thiophene rings is 1. The Morgan fingerprint density at radius 1 is 1.22 bits per heavy atom. The third-order valence-corrected chi connectivity index (χ3v) is 4.61. The molecule has 0 radical (unpaired) electrons. The van der Waals surface area contributed by atoms with Crippen LogP contribution in [0.5, 0.6) is 0 Å². The average molecular weight is 253 g/mol. The van der Waals surface area contributed by atoms with Gasteiger partial charge in [0, 0.05) is 0 Å². The number of rotatable bonds is 2. The van der Waals surface area contributed by atoms with Crippen molar-refractivity contribution in [1.29, 1.82) is 5.26 Å². The summed E-state index contributed by atoms with van der Waals surface area (Å²) in [6.45, 7) is 0. The van der Waals surface area contributed by atoms with E-state index in [9.17, 15) is 5.26 Å². The molecule has 1 aromatic carbocycles. The Morgan fingerprint density at radius 3 is 2.78 bits per heavy atom. The molecule has 0 N–H and O–H groups in total. The van der Waals surface area contributed by atoms with Crippen molar-refractivity contribution in [2.45, 2.75) is 25.7 Å². The minimum Gasteiger partial charge on any atom is -0.198 e. The summed E-state index contributed by atoms with van der Waals surface area (Å²) in [5, 5.41) is 13.9. The molecule has 0 saturated carbocycles. The molecule has 18 heavy (non-hydrogen) atoms. The van der Waals surface area contributed by atoms with Crippen molar-refractivity contribution in [1.82, 2.24) is 0 Å². The van der Waals surface area contributed by atoms with Crippen LogP contribution in [-0.2, 0) is 19.3 Å². The Kier molecular flexibility index (Phi) is 2.93. The van der Waals surface area contributed by atoms with E-state index in [1.54, 1.807) is 11.3 Å². The first-order valence-electron chi connectivity index (χ1n) is 6.30. The van der Waals surface area contributed by atoms with Crippen LogP contribution < -0.4 is 0 Å². The largest absolute Gasteiger partial charge is 0.198 e. The predicted octanol–water partition coefficient (Wildman–Crippen LogP) is 3.99. The van der Waals surface area contributed by atoms with Crippen LogP contribution >= 0.6 is 11.3 Å². The maximum atomic E-state index is 9.62. The Bertz CT molecular complexity index is 579. The van der Waals surface area contributed by atoms with Crippen LogP contribution in [0.4, 0.5) is 0 Å². The van der Waals surface area contributed by atoms with Gasteiger partial charge in [0.15, 0.2) is 0 Å². The van der Waals surface area contributed by atoms with Gasteiger partial charge in [0.1, 0.15) is 0 Å². The van der Waals surface area contributed by atoms with Gasteiger partial charge in [-0.05, 0) is 59.2 Å². The van der Waals surface area contributed by atoms with E-state index in [0.717, 1.165) is 25.7 Å². The summed E-state index contributed by atoms with van der Waals surface area (Å²) in [6, 6.07) is 13.3. The fourth-order valence-corrected chi connectivity index (χ4v) is 3.54. The molecule has 2 heteroatoms. The third-order valence-electron chi connectivity index (χ3n) is 3.88. The molecule has 0 fully saturated rings. The summed E-state index contributed by atoms with van der Waals surface area (Å²) in [7, 11) is 0. The van der Waals surface area contributed by atoms with E-state index in [2.05, 4.69) is 47.2 Å². The van der Waals surface area contributed by atoms with Gasteiger partial charge in [-0.3, -0.25) is 0 Å². The van der Waals surface area contributed by atoms with Gasteiger partial charge in [-0.1, -0.05) is 24.3 Å². The first-order valence-corrected chi connectivity index (χ1v) is 7.25. The van der Waals surface area contributed by atoms with Crippen molar-refractivity contribution in [3.05, 3.63) is 57.8 Å². The summed E-state index contributed by atoms with van der Waals surface area (Å²) < 4.78 is 0. The average Bonchev–Trinajstić information content (AvgIpc) is 2.91. The maximum Gasteiger partial charge on any atom is 0.0696 e. The number of aryl methyl sites for hydroxylation is 1. The first kappa shape index (κ1) is 11.5. The highest BCUT2D eigenvalue weighted by atomic mass is 32.1. The summed E-state index contributed by atoms with van der Waals surface area (Å²) in [5.41, 5.74) is 3.89. The molecule has 0 saturated heterocycles. The number of benzene rings is 1. The van der Waals surface area contributed by atoms with Crippen molar-refractivity contribution < 1.29 is 0 Å². The van der Waals surface area contributed by atoms with Crippen molar-refractivity contribution in [3.8, 4) is 6.07 Å². The standard InChI is InChI=1S/C16H15NS/c17-12-16(9-13-6-8-18-11-13)7-5-14-3-1-2-4-15(14)10-16/h1-4,6,8,11H,5,7,9-10H2. The second-order valence-electron chi connectivity index (χ2n) is 5.15. The lowest BCUT2D eigenvalue weighted by atomic mass is 9.69. The Labute approximate surface area is 112 Å². The molecule has 1 heterocycles. The van der Waals surface area contributed by atoms with Crippen LogP contribution in [-0.4, -0.2) is 0 Å². The van der Waals surface area contributed by atoms with E-state index in [4.69, 9.17) is 0 Å². The number of fused-ring (bicyclic) bond motifs is 1. The van der Waals surface area contributed by atoms with E-state index < -0.39 is 0 Å². The van der Waals surface area contributed by atoms with Crippen LogP contribution in [0.1, 0.15) is 23.1 Å². The fourth-order valence-electron chi connectivity index (χ4n) is 2.87. The molecular formula is C16H15NS. The second-order valence-corrected chi connectivity index (χ2v) is 5.93. The van der Waals surface area contributed by atoms with E-state index in [-0.39, 0.29) is 5.41 Å². The first-order chi connectivity index (χ1) is 8.81. The zero-order valence-electron chi connectivity index (χ0n) is 10.2. The Balaban J connectivity index is 1.89. The van der Waals surface area contributed by atoms with Crippen LogP contribution in [0.2, 0.25) is 0 Å². The Hall–Kier alpha value is -1.59. The quantitative estimate of drug-likeness (QED) is 0.794. The van der Waals surface area contributed by atoms with E-state index in [1.807, 2.05) is 0 Å². The van der Waals surface area contributed by atoms with Crippen LogP contribution in [0.15, 0.2) is 41.1 Å². The van der Waals surface area contributed by atoms with Crippen LogP contribution in [0.3, 0.4) is 0 Å². The fraction of sp³-hybridized carbons (Fsp3) is 0.312. The van der Waals surface area contributed by atoms with Gasteiger partial charge in [-0.2, -0.15) is 16.6 Å². The molecule has 1 aromatic heterocycles. The van der Waals surface area contributed by atoms with E-state index in [0.29, 0.717) is 0 Å². The molecule has 1 aliphatic carbocycles. The Morgan fingerprint density at radius 2 is 2.06 bits per heavy atom. The van der Waals surface area contributed by atoms with Crippen molar-refractivity contribution in [2.75, 3.05) is 0 Å². The van der Waals surface area contributed by atoms with Gasteiger partial charge in [0.05, 0.1) is 11.5 Å². The number of nitrogens with zero attached hydrogens (tertiary/aromatic N) is 1. The third kappa shape index (κ3) is 2.07. The number of hydrogen-bond acceptors (Lipinski definition) is 2. The normalized spacial score (nSPS) is 22.2. The molecule has 2 aromatic rings. The van der Waals surface area contributed by atoms with Crippen molar-refractivity contribution >= 4 is 11.3 Å². The van der Waals surface area contributed by atoms with Crippen molar-refractivity contribution in [3.63, 3.8) is 0 Å². The lowest BCUT2D eigenvalue weighted by Gasteiger charge is -2.32. The van der Waals surface area contributed by atoms with Gasteiger partial charge in [-0.25, -0.2) is 0 Å². The minimum atomic E-state index is -0.199. The highest BCUT2D eigenvalue weighted by molar-refractivity contribution is 7.07. The molecular weight excluding hydrogens is 238 g/mol. The van der Waals surface area contributed by atoms with Crippen LogP contribution in [0.25, 0.3) is 0 Å². The lowest BCUT2D eigenvalue weighted by molar-refractivity contribution is 0.340. The molecule has 1 nitrogen and oxygen atoms in total. The van der Waals surface area contributed by atoms with Gasteiger partial charge >= 0.3 is 0 Å². The monoisotopic (exact) mass is 253 g/mol. The van der Waals surface area contributed by atoms with Gasteiger partial charge in [0.25, 0.3) is 0 Å².